The molecule has 0 N–H and O–H groups in total. The lowest BCUT2D eigenvalue weighted by molar-refractivity contribution is -0.147. The molecule has 3 rings (SSSR count). The summed E-state index contributed by atoms with van der Waals surface area (Å²) in [5.74, 6) is -1.66. The SMILES string of the molecule is C[C@@H](OC(=O)Cn1cnc2ccccc2c1=O)C(=O)c1ccc(F)cc1. The normalized spacial score (nSPS) is 11.9. The molecule has 2 aromatic carbocycles. The van der Waals surface area contributed by atoms with Gasteiger partial charge in [0.2, 0.25) is 5.78 Å². The molecule has 0 saturated carbocycles. The lowest BCUT2D eigenvalue weighted by Gasteiger charge is -2.13. The van der Waals surface area contributed by atoms with E-state index in [0.29, 0.717) is 10.9 Å². The van der Waals surface area contributed by atoms with Crippen LogP contribution in [0, 0.1) is 5.82 Å². The van der Waals surface area contributed by atoms with Crippen molar-refractivity contribution in [2.75, 3.05) is 0 Å². The first kappa shape index (κ1) is 17.5. The largest absolute Gasteiger partial charge is 0.453 e. The predicted octanol–water partition coefficient (Wildman–Crippen LogP) is 2.35. The summed E-state index contributed by atoms with van der Waals surface area (Å²) in [5.41, 5.74) is 0.392. The van der Waals surface area contributed by atoms with Crippen LogP contribution in [0.25, 0.3) is 10.9 Å². The van der Waals surface area contributed by atoms with Crippen LogP contribution in [0.15, 0.2) is 59.7 Å². The third kappa shape index (κ3) is 3.66. The van der Waals surface area contributed by atoms with Crippen molar-refractivity contribution in [3.63, 3.8) is 0 Å². The number of Topliss-reactive ketones (excluding diaryl/α,β-unsaturated/α-hetero) is 1. The summed E-state index contributed by atoms with van der Waals surface area (Å²) in [4.78, 5) is 40.8. The first-order valence-electron chi connectivity index (χ1n) is 7.89. The molecule has 0 aliphatic heterocycles. The third-order valence-corrected chi connectivity index (χ3v) is 3.84. The summed E-state index contributed by atoms with van der Waals surface area (Å²) in [5, 5.41) is 0.387. The number of ketones is 1. The molecule has 1 heterocycles. The molecule has 0 aliphatic rings. The van der Waals surface area contributed by atoms with E-state index in [1.807, 2.05) is 0 Å². The van der Waals surface area contributed by atoms with Crippen LogP contribution in [0.4, 0.5) is 4.39 Å². The van der Waals surface area contributed by atoms with Crippen LogP contribution in [-0.2, 0) is 16.1 Å². The summed E-state index contributed by atoms with van der Waals surface area (Å²) in [7, 11) is 0. The highest BCUT2D eigenvalue weighted by Crippen LogP contribution is 2.09. The molecule has 26 heavy (non-hydrogen) atoms. The first-order valence-corrected chi connectivity index (χ1v) is 7.89. The van der Waals surface area contributed by atoms with Crippen LogP contribution in [0.5, 0.6) is 0 Å². The molecule has 3 aromatic rings. The van der Waals surface area contributed by atoms with Gasteiger partial charge < -0.3 is 4.74 Å². The van der Waals surface area contributed by atoms with E-state index in [1.165, 1.54) is 25.4 Å². The minimum absolute atomic E-state index is 0.233. The van der Waals surface area contributed by atoms with Crippen molar-refractivity contribution < 1.29 is 18.7 Å². The topological polar surface area (TPSA) is 78.3 Å². The van der Waals surface area contributed by atoms with Gasteiger partial charge in [-0.05, 0) is 43.3 Å². The average Bonchev–Trinajstić information content (AvgIpc) is 2.64. The molecule has 0 amide bonds. The second kappa shape index (κ2) is 7.26. The second-order valence-electron chi connectivity index (χ2n) is 5.70. The number of hydrogen-bond donors (Lipinski definition) is 0. The summed E-state index contributed by atoms with van der Waals surface area (Å²) < 4.78 is 19.1. The fourth-order valence-electron chi connectivity index (χ4n) is 2.49. The molecule has 0 saturated heterocycles. The van der Waals surface area contributed by atoms with E-state index in [0.717, 1.165) is 16.7 Å². The quantitative estimate of drug-likeness (QED) is 0.519. The van der Waals surface area contributed by atoms with E-state index in [2.05, 4.69) is 4.98 Å². The maximum Gasteiger partial charge on any atom is 0.326 e. The molecule has 1 atom stereocenters. The van der Waals surface area contributed by atoms with Crippen LogP contribution in [0.3, 0.4) is 0 Å². The van der Waals surface area contributed by atoms with Gasteiger partial charge in [0, 0.05) is 5.56 Å². The zero-order chi connectivity index (χ0) is 18.7. The minimum Gasteiger partial charge on any atom is -0.453 e. The Morgan fingerprint density at radius 1 is 1.15 bits per heavy atom. The number of hydrogen-bond acceptors (Lipinski definition) is 5. The number of esters is 1. The maximum absolute atomic E-state index is 12.9. The van der Waals surface area contributed by atoms with E-state index in [4.69, 9.17) is 4.74 Å². The fourth-order valence-corrected chi connectivity index (χ4v) is 2.49. The van der Waals surface area contributed by atoms with E-state index in [9.17, 15) is 18.8 Å². The first-order chi connectivity index (χ1) is 12.5. The van der Waals surface area contributed by atoms with Gasteiger partial charge in [-0.3, -0.25) is 19.0 Å². The Balaban J connectivity index is 1.70. The second-order valence-corrected chi connectivity index (χ2v) is 5.70. The summed E-state index contributed by atoms with van der Waals surface area (Å²) in [6, 6.07) is 11.7. The van der Waals surface area contributed by atoms with E-state index in [1.54, 1.807) is 24.3 Å². The van der Waals surface area contributed by atoms with Crippen LogP contribution in [0.1, 0.15) is 17.3 Å². The van der Waals surface area contributed by atoms with Crippen molar-refractivity contribution in [1.29, 1.82) is 0 Å². The van der Waals surface area contributed by atoms with E-state index >= 15 is 0 Å². The number of halogens is 1. The van der Waals surface area contributed by atoms with Crippen LogP contribution in [0.2, 0.25) is 0 Å². The molecule has 0 bridgehead atoms. The number of carbonyl (C=O) groups is 2. The lowest BCUT2D eigenvalue weighted by Crippen LogP contribution is -2.30. The highest BCUT2D eigenvalue weighted by Gasteiger charge is 2.20. The number of para-hydroxylation sites is 1. The van der Waals surface area contributed by atoms with E-state index < -0.39 is 23.7 Å². The van der Waals surface area contributed by atoms with Crippen molar-refractivity contribution in [3.05, 3.63) is 76.6 Å². The summed E-state index contributed by atoms with van der Waals surface area (Å²) in [6.07, 6.45) is 0.204. The van der Waals surface area contributed by atoms with Crippen molar-refractivity contribution in [2.24, 2.45) is 0 Å². The molecule has 0 spiro atoms. The van der Waals surface area contributed by atoms with Crippen molar-refractivity contribution in [2.45, 2.75) is 19.6 Å². The molecule has 132 valence electrons. The number of carbonyl (C=O) groups excluding carboxylic acids is 2. The number of aromatic nitrogens is 2. The van der Waals surface area contributed by atoms with E-state index in [-0.39, 0.29) is 17.7 Å². The molecule has 1 aromatic heterocycles. The van der Waals surface area contributed by atoms with Gasteiger partial charge in [-0.2, -0.15) is 0 Å². The van der Waals surface area contributed by atoms with Gasteiger partial charge in [0.25, 0.3) is 5.56 Å². The van der Waals surface area contributed by atoms with Gasteiger partial charge in [-0.25, -0.2) is 9.37 Å². The molecule has 0 fully saturated rings. The van der Waals surface area contributed by atoms with Gasteiger partial charge in [-0.1, -0.05) is 12.1 Å². The summed E-state index contributed by atoms with van der Waals surface area (Å²) in [6.45, 7) is 1.06. The van der Waals surface area contributed by atoms with Crippen LogP contribution < -0.4 is 5.56 Å². The molecule has 7 heteroatoms. The molecular formula is C19H15FN2O4. The zero-order valence-corrected chi connectivity index (χ0v) is 13.9. The van der Waals surface area contributed by atoms with Gasteiger partial charge >= 0.3 is 5.97 Å². The van der Waals surface area contributed by atoms with Gasteiger partial charge in [-0.15, -0.1) is 0 Å². The standard InChI is InChI=1S/C19H15FN2O4/c1-12(18(24)13-6-8-14(20)9-7-13)26-17(23)10-22-11-21-16-5-3-2-4-15(16)19(22)25/h2-9,11-12H,10H2,1H3/t12-/m1/s1. The third-order valence-electron chi connectivity index (χ3n) is 3.84. The highest BCUT2D eigenvalue weighted by atomic mass is 19.1. The Kier molecular flexibility index (Phi) is 4.88. The van der Waals surface area contributed by atoms with Gasteiger partial charge in [0.05, 0.1) is 17.2 Å². The monoisotopic (exact) mass is 354 g/mol. The smallest absolute Gasteiger partial charge is 0.326 e. The Bertz CT molecular complexity index is 1030. The molecular weight excluding hydrogens is 339 g/mol. The van der Waals surface area contributed by atoms with Gasteiger partial charge in [0.1, 0.15) is 12.4 Å². The molecule has 0 unspecified atom stereocenters. The number of ether oxygens (including phenoxy) is 1. The number of nitrogens with zero attached hydrogens (tertiary/aromatic N) is 2. The minimum atomic E-state index is -1.06. The molecule has 0 radical (unpaired) electrons. The number of fused-ring (bicyclic) bond motifs is 1. The zero-order valence-electron chi connectivity index (χ0n) is 13.9. The van der Waals surface area contributed by atoms with Gasteiger partial charge in [0.15, 0.2) is 6.10 Å². The number of rotatable bonds is 5. The number of benzene rings is 2. The average molecular weight is 354 g/mol. The molecule has 6 nitrogen and oxygen atoms in total. The summed E-state index contributed by atoms with van der Waals surface area (Å²) >= 11 is 0. The Hall–Kier alpha value is -3.35. The Labute approximate surface area is 147 Å². The Morgan fingerprint density at radius 3 is 2.58 bits per heavy atom. The fraction of sp³-hybridized carbons (Fsp3) is 0.158. The lowest BCUT2D eigenvalue weighted by atomic mass is 10.1. The predicted molar refractivity (Wildman–Crippen MR) is 92.3 cm³/mol. The van der Waals surface area contributed by atoms with Crippen LogP contribution in [-0.4, -0.2) is 27.4 Å². The van der Waals surface area contributed by atoms with Crippen molar-refractivity contribution in [3.8, 4) is 0 Å². The van der Waals surface area contributed by atoms with Crippen molar-refractivity contribution >= 4 is 22.7 Å². The van der Waals surface area contributed by atoms with Crippen LogP contribution >= 0.6 is 0 Å². The maximum atomic E-state index is 12.9. The Morgan fingerprint density at radius 2 is 1.85 bits per heavy atom. The highest BCUT2D eigenvalue weighted by molar-refractivity contribution is 6.00. The van der Waals surface area contributed by atoms with Crippen molar-refractivity contribution in [1.82, 2.24) is 9.55 Å². The molecule has 0 aliphatic carbocycles.